The minimum Gasteiger partial charge on any atom is -0.326 e. The monoisotopic (exact) mass is 264 g/mol. The summed E-state index contributed by atoms with van der Waals surface area (Å²) in [5, 5.41) is 4.39. The zero-order chi connectivity index (χ0) is 13.7. The number of likely N-dealkylation sites (tertiary alicyclic amines) is 1. The van der Waals surface area contributed by atoms with Gasteiger partial charge in [0.2, 0.25) is 0 Å². The first-order valence-electron chi connectivity index (χ1n) is 7.14. The zero-order valence-corrected chi connectivity index (χ0v) is 11.7. The maximum Gasteiger partial charge on any atom is 0.129 e. The van der Waals surface area contributed by atoms with Crippen LogP contribution in [-0.2, 0) is 11.3 Å². The van der Waals surface area contributed by atoms with Gasteiger partial charge in [0.1, 0.15) is 5.78 Å². The van der Waals surface area contributed by atoms with Gasteiger partial charge in [0.15, 0.2) is 0 Å². The molecule has 1 saturated heterocycles. The highest BCUT2D eigenvalue weighted by Crippen LogP contribution is 2.22. The number of ketones is 1. The average Bonchev–Trinajstić information content (AvgIpc) is 2.88. The summed E-state index contributed by atoms with van der Waals surface area (Å²) < 4.78 is 2.06. The third-order valence-electron chi connectivity index (χ3n) is 3.83. The van der Waals surface area contributed by atoms with E-state index in [4.69, 9.17) is 5.73 Å². The van der Waals surface area contributed by atoms with Crippen LogP contribution >= 0.6 is 0 Å². The Hall–Kier alpha value is -1.20. The van der Waals surface area contributed by atoms with E-state index >= 15 is 0 Å². The van der Waals surface area contributed by atoms with Gasteiger partial charge in [-0.05, 0) is 32.7 Å². The predicted octanol–water partition coefficient (Wildman–Crippen LogP) is 1.35. The Kier molecular flexibility index (Phi) is 5.10. The molecule has 0 saturated carbocycles. The third kappa shape index (κ3) is 4.14. The van der Waals surface area contributed by atoms with Crippen molar-refractivity contribution in [1.29, 1.82) is 0 Å². The van der Waals surface area contributed by atoms with E-state index in [2.05, 4.69) is 20.9 Å². The zero-order valence-electron chi connectivity index (χ0n) is 11.7. The summed E-state index contributed by atoms with van der Waals surface area (Å²) in [7, 11) is 0. The second kappa shape index (κ2) is 6.82. The summed E-state index contributed by atoms with van der Waals surface area (Å²) >= 11 is 0. The Balaban J connectivity index is 1.74. The highest BCUT2D eigenvalue weighted by molar-refractivity contribution is 5.75. The molecule has 0 unspecified atom stereocenters. The maximum absolute atomic E-state index is 10.9. The lowest BCUT2D eigenvalue weighted by atomic mass is 10.0. The van der Waals surface area contributed by atoms with Gasteiger partial charge in [-0.2, -0.15) is 5.10 Å². The first kappa shape index (κ1) is 14.2. The van der Waals surface area contributed by atoms with Crippen molar-refractivity contribution in [3.05, 3.63) is 18.0 Å². The summed E-state index contributed by atoms with van der Waals surface area (Å²) in [6, 6.07) is 0.504. The average molecular weight is 264 g/mol. The lowest BCUT2D eigenvalue weighted by Crippen LogP contribution is -2.35. The number of piperidine rings is 1. The van der Waals surface area contributed by atoms with Crippen molar-refractivity contribution >= 4 is 5.78 Å². The largest absolute Gasteiger partial charge is 0.326 e. The second-order valence-electron chi connectivity index (χ2n) is 5.41. The summed E-state index contributed by atoms with van der Waals surface area (Å²) in [5.74, 6) is 0.292. The van der Waals surface area contributed by atoms with Crippen LogP contribution < -0.4 is 5.73 Å². The first-order chi connectivity index (χ1) is 9.19. The molecule has 0 amide bonds. The lowest BCUT2D eigenvalue weighted by molar-refractivity contribution is -0.117. The SMILES string of the molecule is CC(=O)CCCN1CCC(n2cc(CN)cn2)CC1. The van der Waals surface area contributed by atoms with Crippen molar-refractivity contribution in [3.8, 4) is 0 Å². The number of hydrogen-bond donors (Lipinski definition) is 1. The van der Waals surface area contributed by atoms with Gasteiger partial charge < -0.3 is 15.4 Å². The molecule has 1 aromatic heterocycles. The van der Waals surface area contributed by atoms with Crippen molar-refractivity contribution in [2.75, 3.05) is 19.6 Å². The molecule has 0 radical (unpaired) electrons. The molecule has 1 aliphatic heterocycles. The van der Waals surface area contributed by atoms with Crippen molar-refractivity contribution < 1.29 is 4.79 Å². The Morgan fingerprint density at radius 1 is 1.47 bits per heavy atom. The molecule has 0 aromatic carbocycles. The number of nitrogens with zero attached hydrogens (tertiary/aromatic N) is 3. The predicted molar refractivity (Wildman–Crippen MR) is 74.7 cm³/mol. The van der Waals surface area contributed by atoms with Gasteiger partial charge in [0.25, 0.3) is 0 Å². The maximum atomic E-state index is 10.9. The van der Waals surface area contributed by atoms with Gasteiger partial charge >= 0.3 is 0 Å². The molecular weight excluding hydrogens is 240 g/mol. The van der Waals surface area contributed by atoms with Gasteiger partial charge in [-0.25, -0.2) is 0 Å². The van der Waals surface area contributed by atoms with Crippen LogP contribution in [0.5, 0.6) is 0 Å². The molecule has 2 rings (SSSR count). The third-order valence-corrected chi connectivity index (χ3v) is 3.83. The summed E-state index contributed by atoms with van der Waals surface area (Å²) in [6.07, 6.45) is 7.88. The van der Waals surface area contributed by atoms with Crippen LogP contribution in [0.3, 0.4) is 0 Å². The van der Waals surface area contributed by atoms with E-state index in [0.717, 1.165) is 44.5 Å². The molecule has 2 heterocycles. The van der Waals surface area contributed by atoms with Crippen molar-refractivity contribution in [1.82, 2.24) is 14.7 Å². The van der Waals surface area contributed by atoms with Gasteiger partial charge in [0, 0.05) is 37.8 Å². The van der Waals surface area contributed by atoms with E-state index in [1.807, 2.05) is 6.20 Å². The minimum absolute atomic E-state index is 0.292. The van der Waals surface area contributed by atoms with E-state index in [9.17, 15) is 4.79 Å². The Labute approximate surface area is 114 Å². The number of Topliss-reactive ketones (excluding diaryl/α,β-unsaturated/α-hetero) is 1. The summed E-state index contributed by atoms with van der Waals surface area (Å²) in [6.45, 7) is 5.46. The molecule has 0 atom stereocenters. The number of carbonyl (C=O) groups is 1. The van der Waals surface area contributed by atoms with E-state index < -0.39 is 0 Å². The van der Waals surface area contributed by atoms with Crippen LogP contribution in [-0.4, -0.2) is 40.1 Å². The molecular formula is C14H24N4O. The molecule has 0 bridgehead atoms. The first-order valence-corrected chi connectivity index (χ1v) is 7.14. The fourth-order valence-electron chi connectivity index (χ4n) is 2.64. The fourth-order valence-corrected chi connectivity index (χ4v) is 2.64. The Morgan fingerprint density at radius 2 is 2.21 bits per heavy atom. The van der Waals surface area contributed by atoms with Crippen molar-refractivity contribution in [2.45, 2.75) is 45.2 Å². The van der Waals surface area contributed by atoms with Crippen LogP contribution in [0.1, 0.15) is 44.2 Å². The van der Waals surface area contributed by atoms with E-state index in [1.165, 1.54) is 0 Å². The van der Waals surface area contributed by atoms with Gasteiger partial charge in [-0.15, -0.1) is 0 Å². The van der Waals surface area contributed by atoms with Crippen molar-refractivity contribution in [2.24, 2.45) is 5.73 Å². The topological polar surface area (TPSA) is 64.2 Å². The van der Waals surface area contributed by atoms with E-state index in [-0.39, 0.29) is 0 Å². The minimum atomic E-state index is 0.292. The smallest absolute Gasteiger partial charge is 0.129 e. The quantitative estimate of drug-likeness (QED) is 0.842. The summed E-state index contributed by atoms with van der Waals surface area (Å²) in [4.78, 5) is 13.4. The molecule has 1 aliphatic rings. The summed E-state index contributed by atoms with van der Waals surface area (Å²) in [5.41, 5.74) is 6.71. The number of nitrogens with two attached hydrogens (primary N) is 1. The number of hydrogen-bond acceptors (Lipinski definition) is 4. The van der Waals surface area contributed by atoms with Crippen LogP contribution in [0, 0.1) is 0 Å². The Bertz CT molecular complexity index is 407. The molecule has 5 heteroatoms. The van der Waals surface area contributed by atoms with Gasteiger partial charge in [-0.1, -0.05) is 0 Å². The van der Waals surface area contributed by atoms with Gasteiger partial charge in [0.05, 0.1) is 12.2 Å². The normalized spacial score (nSPS) is 17.8. The Morgan fingerprint density at radius 3 is 2.79 bits per heavy atom. The van der Waals surface area contributed by atoms with Crippen LogP contribution in [0.2, 0.25) is 0 Å². The van der Waals surface area contributed by atoms with Crippen LogP contribution in [0.15, 0.2) is 12.4 Å². The molecule has 2 N–H and O–H groups in total. The van der Waals surface area contributed by atoms with Crippen LogP contribution in [0.4, 0.5) is 0 Å². The van der Waals surface area contributed by atoms with E-state index in [1.54, 1.807) is 6.92 Å². The van der Waals surface area contributed by atoms with Crippen molar-refractivity contribution in [3.63, 3.8) is 0 Å². The second-order valence-corrected chi connectivity index (χ2v) is 5.41. The van der Waals surface area contributed by atoms with E-state index in [0.29, 0.717) is 24.8 Å². The van der Waals surface area contributed by atoms with Gasteiger partial charge in [-0.3, -0.25) is 4.68 Å². The number of aromatic nitrogens is 2. The molecule has 0 spiro atoms. The van der Waals surface area contributed by atoms with Crippen LogP contribution in [0.25, 0.3) is 0 Å². The molecule has 1 fully saturated rings. The standard InChI is InChI=1S/C14H24N4O/c1-12(19)3-2-6-17-7-4-14(5-8-17)18-11-13(9-15)10-16-18/h10-11,14H,2-9,15H2,1H3. The number of carbonyl (C=O) groups excluding carboxylic acids is 1. The molecule has 106 valence electrons. The molecule has 1 aromatic rings. The lowest BCUT2D eigenvalue weighted by Gasteiger charge is -2.31. The molecule has 5 nitrogen and oxygen atoms in total. The fraction of sp³-hybridized carbons (Fsp3) is 0.714. The highest BCUT2D eigenvalue weighted by Gasteiger charge is 2.20. The highest BCUT2D eigenvalue weighted by atomic mass is 16.1. The molecule has 19 heavy (non-hydrogen) atoms. The molecule has 0 aliphatic carbocycles. The number of rotatable bonds is 6.